The van der Waals surface area contributed by atoms with Crippen LogP contribution in [0.25, 0.3) is 0 Å². The predicted molar refractivity (Wildman–Crippen MR) is 72.6 cm³/mol. The van der Waals surface area contributed by atoms with E-state index in [4.69, 9.17) is 14.2 Å². The van der Waals surface area contributed by atoms with Crippen LogP contribution in [-0.4, -0.2) is 33.3 Å². The third-order valence-corrected chi connectivity index (χ3v) is 2.72. The van der Waals surface area contributed by atoms with E-state index in [1.54, 1.807) is 14.2 Å². The van der Waals surface area contributed by atoms with E-state index in [9.17, 15) is 4.79 Å². The lowest BCUT2D eigenvalue weighted by atomic mass is 10.1. The highest BCUT2D eigenvalue weighted by atomic mass is 16.5. The van der Waals surface area contributed by atoms with Crippen molar-refractivity contribution in [2.75, 3.05) is 27.4 Å². The molecule has 1 N–H and O–H groups in total. The third-order valence-electron chi connectivity index (χ3n) is 2.72. The molecule has 0 heterocycles. The number of nitrogens with one attached hydrogen (secondary N) is 1. The van der Waals surface area contributed by atoms with Crippen molar-refractivity contribution in [2.45, 2.75) is 19.9 Å². The molecule has 0 radical (unpaired) electrons. The fourth-order valence-electron chi connectivity index (χ4n) is 1.68. The van der Waals surface area contributed by atoms with Gasteiger partial charge in [-0.3, -0.25) is 4.79 Å². The minimum atomic E-state index is -0.135. The summed E-state index contributed by atoms with van der Waals surface area (Å²) in [5, 5.41) is 2.86. The second-order valence-corrected chi connectivity index (χ2v) is 4.04. The van der Waals surface area contributed by atoms with E-state index in [2.05, 4.69) is 5.32 Å². The summed E-state index contributed by atoms with van der Waals surface area (Å²) in [7, 11) is 3.17. The van der Waals surface area contributed by atoms with Gasteiger partial charge in [-0.05, 0) is 31.5 Å². The number of benzene rings is 1. The van der Waals surface area contributed by atoms with Crippen molar-refractivity contribution in [1.29, 1.82) is 0 Å². The Balaban J connectivity index is 2.71. The topological polar surface area (TPSA) is 56.8 Å². The van der Waals surface area contributed by atoms with E-state index >= 15 is 0 Å². The quantitative estimate of drug-likeness (QED) is 0.820. The zero-order chi connectivity index (χ0) is 14.3. The predicted octanol–water partition coefficient (Wildman–Crippen LogP) is 1.92. The van der Waals surface area contributed by atoms with E-state index < -0.39 is 0 Å². The molecule has 1 rings (SSSR count). The van der Waals surface area contributed by atoms with Crippen LogP contribution >= 0.6 is 0 Å². The molecule has 1 amide bonds. The normalized spacial score (nSPS) is 11.8. The van der Waals surface area contributed by atoms with Gasteiger partial charge in [0.2, 0.25) is 5.91 Å². The van der Waals surface area contributed by atoms with E-state index in [0.29, 0.717) is 18.1 Å². The Labute approximate surface area is 113 Å². The van der Waals surface area contributed by atoms with Crippen LogP contribution in [-0.2, 0) is 9.53 Å². The lowest BCUT2D eigenvalue weighted by molar-refractivity contribution is -0.126. The van der Waals surface area contributed by atoms with E-state index in [1.165, 1.54) is 0 Å². The molecule has 1 aromatic carbocycles. The van der Waals surface area contributed by atoms with Crippen molar-refractivity contribution in [3.05, 3.63) is 23.8 Å². The standard InChI is InChI=1S/C14H21NO4/c1-5-19-9-14(16)15-10(2)11-6-7-12(17-3)13(8-11)18-4/h6-8,10H,5,9H2,1-4H3,(H,15,16). The molecule has 106 valence electrons. The molecule has 19 heavy (non-hydrogen) atoms. The van der Waals surface area contributed by atoms with Crippen LogP contribution in [0.2, 0.25) is 0 Å². The molecule has 0 aliphatic carbocycles. The lowest BCUT2D eigenvalue weighted by Gasteiger charge is -2.16. The Morgan fingerprint density at radius 3 is 2.53 bits per heavy atom. The summed E-state index contributed by atoms with van der Waals surface area (Å²) >= 11 is 0. The van der Waals surface area contributed by atoms with Crippen molar-refractivity contribution in [1.82, 2.24) is 5.32 Å². The van der Waals surface area contributed by atoms with Gasteiger partial charge < -0.3 is 19.5 Å². The first-order valence-electron chi connectivity index (χ1n) is 6.21. The van der Waals surface area contributed by atoms with Crippen molar-refractivity contribution in [3.63, 3.8) is 0 Å². The Morgan fingerprint density at radius 2 is 1.95 bits per heavy atom. The highest BCUT2D eigenvalue weighted by Gasteiger charge is 2.12. The molecule has 5 heteroatoms. The van der Waals surface area contributed by atoms with Gasteiger partial charge in [-0.15, -0.1) is 0 Å². The van der Waals surface area contributed by atoms with Gasteiger partial charge in [0.25, 0.3) is 0 Å². The van der Waals surface area contributed by atoms with Gasteiger partial charge in [0.1, 0.15) is 6.61 Å². The van der Waals surface area contributed by atoms with Crippen molar-refractivity contribution in [2.24, 2.45) is 0 Å². The maximum atomic E-state index is 11.6. The summed E-state index contributed by atoms with van der Waals surface area (Å²) in [5.74, 6) is 1.18. The highest BCUT2D eigenvalue weighted by Crippen LogP contribution is 2.29. The monoisotopic (exact) mass is 267 g/mol. The van der Waals surface area contributed by atoms with Gasteiger partial charge in [0.05, 0.1) is 20.3 Å². The molecule has 1 unspecified atom stereocenters. The van der Waals surface area contributed by atoms with E-state index in [0.717, 1.165) is 5.56 Å². The maximum Gasteiger partial charge on any atom is 0.246 e. The molecule has 0 bridgehead atoms. The van der Waals surface area contributed by atoms with Gasteiger partial charge >= 0.3 is 0 Å². The molecule has 0 saturated heterocycles. The molecule has 0 saturated carbocycles. The van der Waals surface area contributed by atoms with Crippen LogP contribution < -0.4 is 14.8 Å². The summed E-state index contributed by atoms with van der Waals surface area (Å²) in [4.78, 5) is 11.6. The summed E-state index contributed by atoms with van der Waals surface area (Å²) in [6, 6.07) is 5.45. The highest BCUT2D eigenvalue weighted by molar-refractivity contribution is 5.77. The van der Waals surface area contributed by atoms with Crippen molar-refractivity contribution < 1.29 is 19.0 Å². The van der Waals surface area contributed by atoms with Gasteiger partial charge in [-0.2, -0.15) is 0 Å². The van der Waals surface area contributed by atoms with Gasteiger partial charge in [0.15, 0.2) is 11.5 Å². The largest absolute Gasteiger partial charge is 0.493 e. The Hall–Kier alpha value is -1.75. The van der Waals surface area contributed by atoms with Crippen molar-refractivity contribution in [3.8, 4) is 11.5 Å². The third kappa shape index (κ3) is 4.44. The Bertz CT molecular complexity index is 420. The number of amides is 1. The number of hydrogen-bond acceptors (Lipinski definition) is 4. The van der Waals surface area contributed by atoms with Crippen molar-refractivity contribution >= 4 is 5.91 Å². The average molecular weight is 267 g/mol. The molecule has 0 fully saturated rings. The minimum Gasteiger partial charge on any atom is -0.493 e. The molecule has 5 nitrogen and oxygen atoms in total. The van der Waals surface area contributed by atoms with Gasteiger partial charge in [0, 0.05) is 6.61 Å². The lowest BCUT2D eigenvalue weighted by Crippen LogP contribution is -2.30. The SMILES string of the molecule is CCOCC(=O)NC(C)c1ccc(OC)c(OC)c1. The zero-order valence-electron chi connectivity index (χ0n) is 11.9. The fraction of sp³-hybridized carbons (Fsp3) is 0.500. The van der Waals surface area contributed by atoms with E-state index in [1.807, 2.05) is 32.0 Å². The number of rotatable bonds is 7. The molecule has 0 aromatic heterocycles. The first-order chi connectivity index (χ1) is 9.12. The van der Waals surface area contributed by atoms with Gasteiger partial charge in [-0.25, -0.2) is 0 Å². The van der Waals surface area contributed by atoms with Crippen LogP contribution in [0.4, 0.5) is 0 Å². The van der Waals surface area contributed by atoms with Crippen LogP contribution in [0, 0.1) is 0 Å². The molecule has 1 atom stereocenters. The Morgan fingerprint density at radius 1 is 1.26 bits per heavy atom. The van der Waals surface area contributed by atoms with Crippen LogP contribution in [0.3, 0.4) is 0 Å². The summed E-state index contributed by atoms with van der Waals surface area (Å²) < 4.78 is 15.5. The summed E-state index contributed by atoms with van der Waals surface area (Å²) in [6.45, 7) is 4.36. The maximum absolute atomic E-state index is 11.6. The molecule has 0 aliphatic rings. The number of carbonyl (C=O) groups excluding carboxylic acids is 1. The second-order valence-electron chi connectivity index (χ2n) is 4.04. The van der Waals surface area contributed by atoms with Crippen LogP contribution in [0.5, 0.6) is 11.5 Å². The molecular weight excluding hydrogens is 246 g/mol. The van der Waals surface area contributed by atoms with Crippen LogP contribution in [0.1, 0.15) is 25.5 Å². The summed E-state index contributed by atoms with van der Waals surface area (Å²) in [5.41, 5.74) is 0.947. The van der Waals surface area contributed by atoms with Gasteiger partial charge in [-0.1, -0.05) is 6.07 Å². The summed E-state index contributed by atoms with van der Waals surface area (Å²) in [6.07, 6.45) is 0. The van der Waals surface area contributed by atoms with E-state index in [-0.39, 0.29) is 18.6 Å². The molecule has 0 aliphatic heterocycles. The average Bonchev–Trinajstić information content (AvgIpc) is 2.44. The first kappa shape index (κ1) is 15.3. The number of methoxy groups -OCH3 is 2. The number of ether oxygens (including phenoxy) is 3. The molecule has 1 aromatic rings. The smallest absolute Gasteiger partial charge is 0.246 e. The molecular formula is C14H21NO4. The molecule has 0 spiro atoms. The Kier molecular flexibility index (Phi) is 6.15. The number of hydrogen-bond donors (Lipinski definition) is 1. The zero-order valence-corrected chi connectivity index (χ0v) is 11.9. The number of carbonyl (C=O) groups is 1. The fourth-order valence-corrected chi connectivity index (χ4v) is 1.68. The first-order valence-corrected chi connectivity index (χ1v) is 6.21. The second kappa shape index (κ2) is 7.63. The minimum absolute atomic E-state index is 0.0775. The van der Waals surface area contributed by atoms with Crippen LogP contribution in [0.15, 0.2) is 18.2 Å².